The summed E-state index contributed by atoms with van der Waals surface area (Å²) in [4.78, 5) is 22.9. The van der Waals surface area contributed by atoms with Gasteiger partial charge in [-0.05, 0) is 36.8 Å². The molecule has 0 bridgehead atoms. The van der Waals surface area contributed by atoms with E-state index in [1.54, 1.807) is 6.07 Å². The van der Waals surface area contributed by atoms with Crippen LogP contribution in [0.3, 0.4) is 0 Å². The van der Waals surface area contributed by atoms with E-state index in [0.29, 0.717) is 17.7 Å². The number of nitrogens with one attached hydrogen (secondary N) is 1. The SMILES string of the molecule is CCCCCOc1c(OC)cc(/C=N\NC(=O)c2ccc(O)cc2)cc1[N+](=O)[O-]. The summed E-state index contributed by atoms with van der Waals surface area (Å²) in [6, 6.07) is 8.49. The van der Waals surface area contributed by atoms with Gasteiger partial charge in [0.1, 0.15) is 5.75 Å². The van der Waals surface area contributed by atoms with Crippen LogP contribution in [0.15, 0.2) is 41.5 Å². The van der Waals surface area contributed by atoms with Gasteiger partial charge in [-0.3, -0.25) is 14.9 Å². The summed E-state index contributed by atoms with van der Waals surface area (Å²) in [7, 11) is 1.39. The molecule has 0 aliphatic heterocycles. The van der Waals surface area contributed by atoms with Gasteiger partial charge in [-0.1, -0.05) is 19.8 Å². The van der Waals surface area contributed by atoms with Crippen molar-refractivity contribution in [2.75, 3.05) is 13.7 Å². The Labute approximate surface area is 168 Å². The number of benzene rings is 2. The minimum absolute atomic E-state index is 0.0430. The van der Waals surface area contributed by atoms with Crippen LogP contribution in [-0.2, 0) is 0 Å². The molecule has 2 aromatic carbocycles. The van der Waals surface area contributed by atoms with Crippen LogP contribution in [0, 0.1) is 10.1 Å². The summed E-state index contributed by atoms with van der Waals surface area (Å²) in [5.74, 6) is -0.166. The third-order valence-electron chi connectivity index (χ3n) is 3.98. The molecule has 0 heterocycles. The van der Waals surface area contributed by atoms with Crippen LogP contribution in [-0.4, -0.2) is 35.9 Å². The zero-order chi connectivity index (χ0) is 21.2. The fourth-order valence-corrected chi connectivity index (χ4v) is 2.48. The summed E-state index contributed by atoms with van der Waals surface area (Å²) >= 11 is 0. The molecular weight excluding hydrogens is 378 g/mol. The fourth-order valence-electron chi connectivity index (χ4n) is 2.48. The van der Waals surface area contributed by atoms with Gasteiger partial charge < -0.3 is 14.6 Å². The second-order valence-corrected chi connectivity index (χ2v) is 6.13. The number of phenols is 1. The van der Waals surface area contributed by atoms with E-state index >= 15 is 0 Å². The molecule has 2 N–H and O–H groups in total. The Balaban J connectivity index is 2.16. The highest BCUT2D eigenvalue weighted by Crippen LogP contribution is 2.38. The summed E-state index contributed by atoms with van der Waals surface area (Å²) in [5.41, 5.74) is 2.75. The standard InChI is InChI=1S/C20H23N3O6/c1-3-4-5-10-29-19-17(23(26)27)11-14(12-18(19)28-2)13-21-22-20(25)15-6-8-16(24)9-7-15/h6-9,11-13,24H,3-5,10H2,1-2H3,(H,22,25)/b21-13-. The van der Waals surface area contributed by atoms with Crippen molar-refractivity contribution in [3.05, 3.63) is 57.6 Å². The lowest BCUT2D eigenvalue weighted by atomic mass is 10.2. The van der Waals surface area contributed by atoms with Crippen molar-refractivity contribution < 1.29 is 24.3 Å². The van der Waals surface area contributed by atoms with E-state index in [9.17, 15) is 20.0 Å². The number of nitrogens with zero attached hydrogens (tertiary/aromatic N) is 2. The van der Waals surface area contributed by atoms with Crippen molar-refractivity contribution >= 4 is 17.8 Å². The number of rotatable bonds is 10. The van der Waals surface area contributed by atoms with Gasteiger partial charge in [0.25, 0.3) is 5.91 Å². The summed E-state index contributed by atoms with van der Waals surface area (Å²) < 4.78 is 10.8. The van der Waals surface area contributed by atoms with E-state index in [1.807, 2.05) is 0 Å². The number of carbonyl (C=O) groups is 1. The van der Waals surface area contributed by atoms with E-state index in [2.05, 4.69) is 17.5 Å². The quantitative estimate of drug-likeness (QED) is 0.271. The number of hydrogen-bond donors (Lipinski definition) is 2. The van der Waals surface area contributed by atoms with Gasteiger partial charge in [-0.25, -0.2) is 5.43 Å². The molecular formula is C20H23N3O6. The first-order valence-electron chi connectivity index (χ1n) is 9.08. The molecule has 9 nitrogen and oxygen atoms in total. The van der Waals surface area contributed by atoms with E-state index in [1.165, 1.54) is 43.7 Å². The number of unbranched alkanes of at least 4 members (excludes halogenated alkanes) is 2. The minimum atomic E-state index is -0.552. The molecule has 0 aromatic heterocycles. The van der Waals surface area contributed by atoms with E-state index in [4.69, 9.17) is 9.47 Å². The Morgan fingerprint density at radius 3 is 2.62 bits per heavy atom. The topological polar surface area (TPSA) is 123 Å². The second-order valence-electron chi connectivity index (χ2n) is 6.13. The average molecular weight is 401 g/mol. The fraction of sp³-hybridized carbons (Fsp3) is 0.300. The normalized spacial score (nSPS) is 10.7. The first-order chi connectivity index (χ1) is 14.0. The number of amides is 1. The molecule has 0 saturated carbocycles. The van der Waals surface area contributed by atoms with Gasteiger partial charge >= 0.3 is 5.69 Å². The van der Waals surface area contributed by atoms with Crippen molar-refractivity contribution in [3.8, 4) is 17.2 Å². The van der Waals surface area contributed by atoms with Crippen LogP contribution in [0.4, 0.5) is 5.69 Å². The number of nitro groups is 1. The van der Waals surface area contributed by atoms with Crippen molar-refractivity contribution in [2.45, 2.75) is 26.2 Å². The molecule has 0 spiro atoms. The Morgan fingerprint density at radius 2 is 2.00 bits per heavy atom. The van der Waals surface area contributed by atoms with Gasteiger partial charge in [0.05, 0.1) is 24.9 Å². The molecule has 0 atom stereocenters. The van der Waals surface area contributed by atoms with Crippen LogP contribution >= 0.6 is 0 Å². The van der Waals surface area contributed by atoms with Crippen LogP contribution in [0.5, 0.6) is 17.2 Å². The second kappa shape index (κ2) is 10.6. The van der Waals surface area contributed by atoms with Gasteiger partial charge in [0, 0.05) is 17.2 Å². The zero-order valence-electron chi connectivity index (χ0n) is 16.3. The van der Waals surface area contributed by atoms with E-state index in [0.717, 1.165) is 19.3 Å². The highest BCUT2D eigenvalue weighted by molar-refractivity contribution is 5.95. The number of aromatic hydroxyl groups is 1. The third kappa shape index (κ3) is 6.20. The highest BCUT2D eigenvalue weighted by atomic mass is 16.6. The predicted octanol–water partition coefficient (Wildman–Crippen LogP) is 3.64. The first kappa shape index (κ1) is 21.7. The minimum Gasteiger partial charge on any atom is -0.508 e. The number of phenolic OH excluding ortho intramolecular Hbond substituents is 1. The predicted molar refractivity (Wildman–Crippen MR) is 108 cm³/mol. The Morgan fingerprint density at radius 1 is 1.28 bits per heavy atom. The van der Waals surface area contributed by atoms with Crippen molar-refractivity contribution in [1.29, 1.82) is 0 Å². The average Bonchev–Trinajstić information content (AvgIpc) is 2.71. The van der Waals surface area contributed by atoms with Crippen LogP contribution in [0.2, 0.25) is 0 Å². The third-order valence-corrected chi connectivity index (χ3v) is 3.98. The molecule has 0 fully saturated rings. The Hall–Kier alpha value is -3.62. The Kier molecular flexibility index (Phi) is 7.96. The molecule has 154 valence electrons. The molecule has 2 aromatic rings. The maximum atomic E-state index is 12.0. The number of ether oxygens (including phenoxy) is 2. The molecule has 0 radical (unpaired) electrons. The maximum absolute atomic E-state index is 12.0. The molecule has 9 heteroatoms. The lowest BCUT2D eigenvalue weighted by molar-refractivity contribution is -0.386. The zero-order valence-corrected chi connectivity index (χ0v) is 16.3. The lowest BCUT2D eigenvalue weighted by Gasteiger charge is -2.11. The monoisotopic (exact) mass is 401 g/mol. The van der Waals surface area contributed by atoms with Gasteiger partial charge in [0.15, 0.2) is 5.75 Å². The smallest absolute Gasteiger partial charge is 0.315 e. The summed E-state index contributed by atoms with van der Waals surface area (Å²) in [5, 5.41) is 24.5. The molecule has 29 heavy (non-hydrogen) atoms. The number of nitro benzene ring substituents is 1. The van der Waals surface area contributed by atoms with Crippen molar-refractivity contribution in [2.24, 2.45) is 5.10 Å². The summed E-state index contributed by atoms with van der Waals surface area (Å²) in [6.07, 6.45) is 4.02. The van der Waals surface area contributed by atoms with Crippen LogP contribution < -0.4 is 14.9 Å². The molecule has 2 rings (SSSR count). The number of carbonyl (C=O) groups excluding carboxylic acids is 1. The van der Waals surface area contributed by atoms with Crippen LogP contribution in [0.25, 0.3) is 0 Å². The molecule has 0 aliphatic carbocycles. The van der Waals surface area contributed by atoms with Crippen LogP contribution in [0.1, 0.15) is 42.1 Å². The van der Waals surface area contributed by atoms with Crippen molar-refractivity contribution in [1.82, 2.24) is 5.43 Å². The molecule has 1 amide bonds. The van der Waals surface area contributed by atoms with E-state index in [-0.39, 0.29) is 22.9 Å². The highest BCUT2D eigenvalue weighted by Gasteiger charge is 2.22. The first-order valence-corrected chi connectivity index (χ1v) is 9.08. The lowest BCUT2D eigenvalue weighted by Crippen LogP contribution is -2.17. The largest absolute Gasteiger partial charge is 0.508 e. The van der Waals surface area contributed by atoms with Gasteiger partial charge in [0.2, 0.25) is 5.75 Å². The van der Waals surface area contributed by atoms with Gasteiger partial charge in [-0.15, -0.1) is 0 Å². The van der Waals surface area contributed by atoms with Gasteiger partial charge in [-0.2, -0.15) is 5.10 Å². The number of hydrogen-bond acceptors (Lipinski definition) is 7. The maximum Gasteiger partial charge on any atom is 0.315 e. The number of methoxy groups -OCH3 is 1. The van der Waals surface area contributed by atoms with Crippen molar-refractivity contribution in [3.63, 3.8) is 0 Å². The molecule has 0 saturated heterocycles. The summed E-state index contributed by atoms with van der Waals surface area (Å²) in [6.45, 7) is 2.40. The molecule has 0 aliphatic rings. The van der Waals surface area contributed by atoms with E-state index < -0.39 is 10.8 Å². The molecule has 0 unspecified atom stereocenters. The Bertz CT molecular complexity index is 881. The number of hydrazone groups is 1.